The fraction of sp³-hybridized carbons (Fsp3) is 0.333. The van der Waals surface area contributed by atoms with E-state index in [1.54, 1.807) is 24.3 Å². The molecule has 2 amide bonds. The molecule has 2 aromatic carbocycles. The maximum absolute atomic E-state index is 12.8. The van der Waals surface area contributed by atoms with Gasteiger partial charge in [-0.1, -0.05) is 43.1 Å². The SMILES string of the molecule is COc1cc(Cl)c(C)cc1NC(=O)[C@@H](NC(=O)c1ccc(C)cc1)C(C)C. The number of halogens is 1. The summed E-state index contributed by atoms with van der Waals surface area (Å²) in [5, 5.41) is 6.21. The van der Waals surface area contributed by atoms with E-state index in [0.29, 0.717) is 22.0 Å². The van der Waals surface area contributed by atoms with Gasteiger partial charge in [-0.3, -0.25) is 9.59 Å². The topological polar surface area (TPSA) is 67.4 Å². The van der Waals surface area contributed by atoms with Gasteiger partial charge in [0.2, 0.25) is 5.91 Å². The summed E-state index contributed by atoms with van der Waals surface area (Å²) >= 11 is 6.11. The minimum atomic E-state index is -0.695. The van der Waals surface area contributed by atoms with Crippen molar-refractivity contribution in [1.29, 1.82) is 0 Å². The zero-order chi connectivity index (χ0) is 20.1. The summed E-state index contributed by atoms with van der Waals surface area (Å²) in [6, 6.07) is 9.91. The van der Waals surface area contributed by atoms with E-state index in [9.17, 15) is 9.59 Å². The van der Waals surface area contributed by atoms with Gasteiger partial charge < -0.3 is 15.4 Å². The minimum Gasteiger partial charge on any atom is -0.495 e. The molecule has 0 fully saturated rings. The predicted molar refractivity (Wildman–Crippen MR) is 109 cm³/mol. The monoisotopic (exact) mass is 388 g/mol. The summed E-state index contributed by atoms with van der Waals surface area (Å²) in [4.78, 5) is 25.3. The second-order valence-electron chi connectivity index (χ2n) is 6.85. The molecule has 0 radical (unpaired) electrons. The fourth-order valence-corrected chi connectivity index (χ4v) is 2.76. The van der Waals surface area contributed by atoms with Crippen LogP contribution in [-0.2, 0) is 4.79 Å². The van der Waals surface area contributed by atoms with Crippen molar-refractivity contribution in [3.05, 3.63) is 58.1 Å². The van der Waals surface area contributed by atoms with Crippen molar-refractivity contribution in [2.24, 2.45) is 5.92 Å². The van der Waals surface area contributed by atoms with Gasteiger partial charge in [-0.15, -0.1) is 0 Å². The average Bonchev–Trinajstić information content (AvgIpc) is 2.62. The summed E-state index contributed by atoms with van der Waals surface area (Å²) in [5.41, 5.74) is 2.91. The lowest BCUT2D eigenvalue weighted by Crippen LogP contribution is -2.47. The number of carbonyl (C=O) groups excluding carboxylic acids is 2. The number of nitrogens with one attached hydrogen (secondary N) is 2. The van der Waals surface area contributed by atoms with Crippen LogP contribution in [0.5, 0.6) is 5.75 Å². The van der Waals surface area contributed by atoms with E-state index < -0.39 is 6.04 Å². The summed E-state index contributed by atoms with van der Waals surface area (Å²) in [6.07, 6.45) is 0. The van der Waals surface area contributed by atoms with Crippen LogP contribution in [0.4, 0.5) is 5.69 Å². The smallest absolute Gasteiger partial charge is 0.251 e. The Morgan fingerprint density at radius 1 is 1.07 bits per heavy atom. The Labute approximate surface area is 165 Å². The fourth-order valence-electron chi connectivity index (χ4n) is 2.60. The number of hydrogen-bond acceptors (Lipinski definition) is 3. The highest BCUT2D eigenvalue weighted by atomic mass is 35.5. The van der Waals surface area contributed by atoms with Crippen molar-refractivity contribution in [2.45, 2.75) is 33.7 Å². The highest BCUT2D eigenvalue weighted by molar-refractivity contribution is 6.31. The van der Waals surface area contributed by atoms with Gasteiger partial charge in [0.05, 0.1) is 12.8 Å². The van der Waals surface area contributed by atoms with Crippen LogP contribution in [0, 0.1) is 19.8 Å². The molecule has 1 atom stereocenters. The zero-order valence-corrected chi connectivity index (χ0v) is 17.0. The summed E-state index contributed by atoms with van der Waals surface area (Å²) in [7, 11) is 1.51. The second-order valence-corrected chi connectivity index (χ2v) is 7.26. The molecule has 144 valence electrons. The third-order valence-electron chi connectivity index (χ3n) is 4.29. The molecular formula is C21H25ClN2O3. The van der Waals surface area contributed by atoms with Crippen molar-refractivity contribution in [1.82, 2.24) is 5.32 Å². The summed E-state index contributed by atoms with van der Waals surface area (Å²) in [5.74, 6) is -0.237. The largest absolute Gasteiger partial charge is 0.495 e. The molecule has 27 heavy (non-hydrogen) atoms. The number of aryl methyl sites for hydroxylation is 2. The van der Waals surface area contributed by atoms with Gasteiger partial charge in [0.15, 0.2) is 0 Å². The number of carbonyl (C=O) groups is 2. The number of rotatable bonds is 6. The van der Waals surface area contributed by atoms with Gasteiger partial charge in [-0.2, -0.15) is 0 Å². The van der Waals surface area contributed by atoms with E-state index in [1.165, 1.54) is 7.11 Å². The highest BCUT2D eigenvalue weighted by Gasteiger charge is 2.25. The van der Waals surface area contributed by atoms with Crippen LogP contribution in [0.1, 0.15) is 35.3 Å². The Morgan fingerprint density at radius 3 is 2.26 bits per heavy atom. The van der Waals surface area contributed by atoms with E-state index in [1.807, 2.05) is 39.8 Å². The average molecular weight is 389 g/mol. The molecule has 5 nitrogen and oxygen atoms in total. The lowest BCUT2D eigenvalue weighted by atomic mass is 10.0. The third kappa shape index (κ3) is 5.23. The summed E-state index contributed by atoms with van der Waals surface area (Å²) < 4.78 is 5.30. The standard InChI is InChI=1S/C21H25ClN2O3/c1-12(2)19(24-20(25)15-8-6-13(3)7-9-15)21(26)23-17-10-14(4)16(22)11-18(17)27-5/h6-12,19H,1-5H3,(H,23,26)(H,24,25)/t19-/m0/s1. The number of methoxy groups -OCH3 is 1. The molecule has 0 aliphatic heterocycles. The van der Waals surface area contributed by atoms with Gasteiger partial charge in [-0.25, -0.2) is 0 Å². The number of hydrogen-bond donors (Lipinski definition) is 2. The first-order chi connectivity index (χ1) is 12.7. The van der Waals surface area contributed by atoms with E-state index in [-0.39, 0.29) is 17.7 Å². The number of amides is 2. The maximum Gasteiger partial charge on any atom is 0.251 e. The molecule has 2 aromatic rings. The number of anilines is 1. The van der Waals surface area contributed by atoms with Crippen LogP contribution in [0.15, 0.2) is 36.4 Å². The zero-order valence-electron chi connectivity index (χ0n) is 16.2. The molecule has 0 bridgehead atoms. The number of benzene rings is 2. The van der Waals surface area contributed by atoms with Crippen molar-refractivity contribution >= 4 is 29.1 Å². The minimum absolute atomic E-state index is 0.0983. The summed E-state index contributed by atoms with van der Waals surface area (Å²) in [6.45, 7) is 7.55. The predicted octanol–water partition coefficient (Wildman–Crippen LogP) is 4.36. The Kier molecular flexibility index (Phi) is 6.86. The van der Waals surface area contributed by atoms with E-state index in [2.05, 4.69) is 10.6 Å². The van der Waals surface area contributed by atoms with Gasteiger partial charge in [0.25, 0.3) is 5.91 Å². The van der Waals surface area contributed by atoms with Crippen LogP contribution in [0.2, 0.25) is 5.02 Å². The van der Waals surface area contributed by atoms with Gasteiger partial charge in [0, 0.05) is 16.7 Å². The lowest BCUT2D eigenvalue weighted by Gasteiger charge is -2.22. The van der Waals surface area contributed by atoms with Crippen LogP contribution in [0.3, 0.4) is 0 Å². The van der Waals surface area contributed by atoms with Gasteiger partial charge >= 0.3 is 0 Å². The quantitative estimate of drug-likeness (QED) is 0.772. The second kappa shape index (κ2) is 8.91. The van der Waals surface area contributed by atoms with Crippen molar-refractivity contribution in [3.63, 3.8) is 0 Å². The van der Waals surface area contributed by atoms with Crippen LogP contribution in [0.25, 0.3) is 0 Å². The molecule has 2 N–H and O–H groups in total. The molecule has 0 saturated heterocycles. The van der Waals surface area contributed by atoms with Gasteiger partial charge in [-0.05, 0) is 43.5 Å². The van der Waals surface area contributed by atoms with E-state index >= 15 is 0 Å². The Bertz CT molecular complexity index is 832. The molecule has 0 unspecified atom stereocenters. The lowest BCUT2D eigenvalue weighted by molar-refractivity contribution is -0.118. The molecule has 0 heterocycles. The molecule has 0 spiro atoms. The van der Waals surface area contributed by atoms with Crippen LogP contribution in [-0.4, -0.2) is 25.0 Å². The van der Waals surface area contributed by atoms with Crippen LogP contribution < -0.4 is 15.4 Å². The Morgan fingerprint density at radius 2 is 1.70 bits per heavy atom. The number of ether oxygens (including phenoxy) is 1. The normalized spacial score (nSPS) is 11.8. The third-order valence-corrected chi connectivity index (χ3v) is 4.70. The highest BCUT2D eigenvalue weighted by Crippen LogP contribution is 2.31. The first-order valence-electron chi connectivity index (χ1n) is 8.75. The maximum atomic E-state index is 12.8. The van der Waals surface area contributed by atoms with Crippen molar-refractivity contribution in [3.8, 4) is 5.75 Å². The van der Waals surface area contributed by atoms with Gasteiger partial charge in [0.1, 0.15) is 11.8 Å². The van der Waals surface area contributed by atoms with Crippen molar-refractivity contribution in [2.75, 3.05) is 12.4 Å². The van der Waals surface area contributed by atoms with Crippen LogP contribution >= 0.6 is 11.6 Å². The van der Waals surface area contributed by atoms with Crippen molar-refractivity contribution < 1.29 is 14.3 Å². The molecule has 0 saturated carbocycles. The molecule has 0 aromatic heterocycles. The molecule has 0 aliphatic rings. The van der Waals surface area contributed by atoms with E-state index in [0.717, 1.165) is 11.1 Å². The molecule has 2 rings (SSSR count). The molecular weight excluding hydrogens is 364 g/mol. The Hall–Kier alpha value is -2.53. The Balaban J connectivity index is 2.19. The molecule has 6 heteroatoms. The van der Waals surface area contributed by atoms with E-state index in [4.69, 9.17) is 16.3 Å². The first kappa shape index (κ1) is 20.8. The first-order valence-corrected chi connectivity index (χ1v) is 9.13. The molecule has 0 aliphatic carbocycles.